The lowest BCUT2D eigenvalue weighted by atomic mass is 10.1. The van der Waals surface area contributed by atoms with E-state index in [9.17, 15) is 26.4 Å². The Bertz CT molecular complexity index is 812. The fraction of sp³-hybridized carbons (Fsp3) is 0.562. The van der Waals surface area contributed by atoms with Gasteiger partial charge in [-0.1, -0.05) is 11.6 Å². The number of hydrogen-bond acceptors (Lipinski definition) is 4. The van der Waals surface area contributed by atoms with Crippen molar-refractivity contribution in [2.75, 3.05) is 26.2 Å². The quantitative estimate of drug-likeness (QED) is 0.782. The summed E-state index contributed by atoms with van der Waals surface area (Å²) in [6, 6.07) is 2.32. The Morgan fingerprint density at radius 1 is 1.37 bits per heavy atom. The van der Waals surface area contributed by atoms with Crippen LogP contribution in [0.15, 0.2) is 23.1 Å². The van der Waals surface area contributed by atoms with Gasteiger partial charge < -0.3 is 9.64 Å². The van der Waals surface area contributed by atoms with Gasteiger partial charge in [0.1, 0.15) is 0 Å². The number of sulfonamides is 1. The highest BCUT2D eigenvalue weighted by atomic mass is 35.5. The fourth-order valence-electron chi connectivity index (χ4n) is 2.65. The van der Waals surface area contributed by atoms with E-state index in [1.807, 2.05) is 13.8 Å². The first-order valence-electron chi connectivity index (χ1n) is 8.10. The van der Waals surface area contributed by atoms with Crippen molar-refractivity contribution in [3.05, 3.63) is 28.8 Å². The van der Waals surface area contributed by atoms with Crippen molar-refractivity contribution in [2.45, 2.75) is 36.9 Å². The molecule has 0 aliphatic carbocycles. The molecule has 27 heavy (non-hydrogen) atoms. The van der Waals surface area contributed by atoms with Gasteiger partial charge in [-0.2, -0.15) is 13.2 Å². The number of halogens is 4. The zero-order valence-electron chi connectivity index (χ0n) is 14.8. The van der Waals surface area contributed by atoms with Gasteiger partial charge in [-0.25, -0.2) is 13.1 Å². The number of carbonyl (C=O) groups excluding carboxylic acids is 1. The van der Waals surface area contributed by atoms with Gasteiger partial charge in [0.2, 0.25) is 15.9 Å². The van der Waals surface area contributed by atoms with E-state index in [1.54, 1.807) is 4.90 Å². The van der Waals surface area contributed by atoms with Gasteiger partial charge in [-0.15, -0.1) is 0 Å². The first kappa shape index (κ1) is 21.9. The van der Waals surface area contributed by atoms with Crippen molar-refractivity contribution in [3.8, 4) is 0 Å². The topological polar surface area (TPSA) is 75.7 Å². The van der Waals surface area contributed by atoms with E-state index in [1.165, 1.54) is 0 Å². The SMILES string of the molecule is CC1(C)CN(C(=O)CCNS(=O)(=O)c2ccc(Cl)c(C(F)(F)F)c2)CCO1. The number of alkyl halides is 3. The molecule has 0 radical (unpaired) electrons. The normalized spacial score (nSPS) is 17.8. The van der Waals surface area contributed by atoms with Crippen LogP contribution in [0.3, 0.4) is 0 Å². The molecule has 152 valence electrons. The summed E-state index contributed by atoms with van der Waals surface area (Å²) in [5, 5.41) is -0.591. The second-order valence-electron chi connectivity index (χ2n) is 6.71. The first-order chi connectivity index (χ1) is 12.3. The second-order valence-corrected chi connectivity index (χ2v) is 8.88. The minimum Gasteiger partial charge on any atom is -0.372 e. The third kappa shape index (κ3) is 5.81. The van der Waals surface area contributed by atoms with Gasteiger partial charge in [0.05, 0.1) is 27.7 Å². The minimum atomic E-state index is -4.78. The zero-order chi connectivity index (χ0) is 20.5. The summed E-state index contributed by atoms with van der Waals surface area (Å²) >= 11 is 5.49. The molecule has 1 saturated heterocycles. The molecule has 1 fully saturated rings. The third-order valence-corrected chi connectivity index (χ3v) is 5.75. The number of nitrogens with one attached hydrogen (secondary N) is 1. The maximum atomic E-state index is 12.9. The molecule has 6 nitrogen and oxygen atoms in total. The molecule has 1 aromatic carbocycles. The number of morpholine rings is 1. The lowest BCUT2D eigenvalue weighted by Crippen LogP contribution is -2.51. The molecule has 0 bridgehead atoms. The van der Waals surface area contributed by atoms with Crippen LogP contribution in [0.25, 0.3) is 0 Å². The number of rotatable bonds is 5. The molecule has 1 amide bonds. The van der Waals surface area contributed by atoms with Crippen molar-refractivity contribution in [1.29, 1.82) is 0 Å². The number of hydrogen-bond donors (Lipinski definition) is 1. The summed E-state index contributed by atoms with van der Waals surface area (Å²) in [5.41, 5.74) is -1.72. The number of carbonyl (C=O) groups is 1. The Labute approximate surface area is 160 Å². The molecule has 2 rings (SSSR count). The molecule has 0 spiro atoms. The Balaban J connectivity index is 2.00. The van der Waals surface area contributed by atoms with E-state index in [4.69, 9.17) is 16.3 Å². The Hall–Kier alpha value is -1.36. The van der Waals surface area contributed by atoms with E-state index in [0.717, 1.165) is 12.1 Å². The molecule has 1 aromatic rings. The van der Waals surface area contributed by atoms with Crippen molar-refractivity contribution in [2.24, 2.45) is 0 Å². The van der Waals surface area contributed by atoms with Gasteiger partial charge in [0.15, 0.2) is 0 Å². The van der Waals surface area contributed by atoms with E-state index in [0.29, 0.717) is 25.8 Å². The van der Waals surface area contributed by atoms with Crippen molar-refractivity contribution in [3.63, 3.8) is 0 Å². The smallest absolute Gasteiger partial charge is 0.372 e. The molecule has 0 aromatic heterocycles. The maximum absolute atomic E-state index is 12.9. The lowest BCUT2D eigenvalue weighted by Gasteiger charge is -2.38. The monoisotopic (exact) mass is 428 g/mol. The highest BCUT2D eigenvalue weighted by molar-refractivity contribution is 7.89. The summed E-state index contributed by atoms with van der Waals surface area (Å²) < 4.78 is 70.7. The van der Waals surface area contributed by atoms with Crippen LogP contribution in [-0.4, -0.2) is 51.1 Å². The van der Waals surface area contributed by atoms with Gasteiger partial charge >= 0.3 is 6.18 Å². The molecule has 0 atom stereocenters. The van der Waals surface area contributed by atoms with E-state index in [-0.39, 0.29) is 18.9 Å². The van der Waals surface area contributed by atoms with Crippen LogP contribution in [0.2, 0.25) is 5.02 Å². The molecule has 11 heteroatoms. The summed E-state index contributed by atoms with van der Waals surface area (Å²) in [5.74, 6) is -0.263. The van der Waals surface area contributed by atoms with Gasteiger partial charge in [-0.3, -0.25) is 4.79 Å². The Morgan fingerprint density at radius 2 is 2.04 bits per heavy atom. The average molecular weight is 429 g/mol. The largest absolute Gasteiger partial charge is 0.417 e. The summed E-state index contributed by atoms with van der Waals surface area (Å²) in [6.45, 7) is 4.62. The average Bonchev–Trinajstić information content (AvgIpc) is 2.52. The Kier molecular flexibility index (Phi) is 6.45. The third-order valence-electron chi connectivity index (χ3n) is 3.96. The van der Waals surface area contributed by atoms with Crippen molar-refractivity contribution < 1.29 is 31.1 Å². The summed E-state index contributed by atoms with van der Waals surface area (Å²) in [4.78, 5) is 13.2. The predicted octanol–water partition coefficient (Wildman–Crippen LogP) is 2.66. The number of benzene rings is 1. The Morgan fingerprint density at radius 3 is 2.63 bits per heavy atom. The van der Waals surface area contributed by atoms with Gasteiger partial charge in [-0.05, 0) is 32.0 Å². The fourth-order valence-corrected chi connectivity index (χ4v) is 3.93. The molecule has 1 aliphatic rings. The molecular formula is C16H20ClF3N2O4S. The molecule has 1 heterocycles. The molecule has 1 N–H and O–H groups in total. The second kappa shape index (κ2) is 7.94. The first-order valence-corrected chi connectivity index (χ1v) is 9.96. The van der Waals surface area contributed by atoms with Gasteiger partial charge in [0.25, 0.3) is 0 Å². The van der Waals surface area contributed by atoms with Crippen molar-refractivity contribution >= 4 is 27.5 Å². The summed E-state index contributed by atoms with van der Waals surface area (Å²) in [6.07, 6.45) is -4.89. The van der Waals surface area contributed by atoms with E-state index >= 15 is 0 Å². The zero-order valence-corrected chi connectivity index (χ0v) is 16.3. The number of amides is 1. The lowest BCUT2D eigenvalue weighted by molar-refractivity contribution is -0.145. The predicted molar refractivity (Wildman–Crippen MR) is 92.9 cm³/mol. The van der Waals surface area contributed by atoms with Crippen LogP contribution >= 0.6 is 11.6 Å². The van der Waals surface area contributed by atoms with Crippen molar-refractivity contribution in [1.82, 2.24) is 9.62 Å². The highest BCUT2D eigenvalue weighted by Crippen LogP contribution is 2.35. The van der Waals surface area contributed by atoms with Crippen LogP contribution in [-0.2, 0) is 25.7 Å². The van der Waals surface area contributed by atoms with Crippen LogP contribution < -0.4 is 4.72 Å². The highest BCUT2D eigenvalue weighted by Gasteiger charge is 2.34. The van der Waals surface area contributed by atoms with Crippen LogP contribution in [0, 0.1) is 0 Å². The molecule has 0 unspecified atom stereocenters. The number of nitrogens with zero attached hydrogens (tertiary/aromatic N) is 1. The molecule has 0 saturated carbocycles. The number of ether oxygens (including phenoxy) is 1. The molecule has 1 aliphatic heterocycles. The van der Waals surface area contributed by atoms with Gasteiger partial charge in [0, 0.05) is 26.1 Å². The van der Waals surface area contributed by atoms with Crippen LogP contribution in [0.5, 0.6) is 0 Å². The molecular weight excluding hydrogens is 409 g/mol. The standard InChI is InChI=1S/C16H20ClF3N2O4S/c1-15(2)10-22(7-8-26-15)14(23)5-6-21-27(24,25)11-3-4-13(17)12(9-11)16(18,19)20/h3-4,9,21H,5-8,10H2,1-2H3. The maximum Gasteiger partial charge on any atom is 0.417 e. The van der Waals surface area contributed by atoms with Crippen LogP contribution in [0.1, 0.15) is 25.8 Å². The summed E-state index contributed by atoms with van der Waals surface area (Å²) in [7, 11) is -4.21. The minimum absolute atomic E-state index is 0.116. The van der Waals surface area contributed by atoms with Crippen LogP contribution in [0.4, 0.5) is 13.2 Å². The van der Waals surface area contributed by atoms with E-state index < -0.39 is 37.3 Å². The van der Waals surface area contributed by atoms with E-state index in [2.05, 4.69) is 4.72 Å².